The van der Waals surface area contributed by atoms with E-state index in [0.717, 1.165) is 5.56 Å². The Labute approximate surface area is 122 Å². The summed E-state index contributed by atoms with van der Waals surface area (Å²) in [7, 11) is 1.64. The molecule has 1 N–H and O–H groups in total. The number of anilines is 1. The van der Waals surface area contributed by atoms with E-state index in [4.69, 9.17) is 4.74 Å². The fourth-order valence-electron chi connectivity index (χ4n) is 1.78. The van der Waals surface area contributed by atoms with Gasteiger partial charge in [-0.1, -0.05) is 30.4 Å². The molecule has 2 rings (SSSR count). The molecule has 1 aromatic heterocycles. The largest absolute Gasteiger partial charge is 0.438 e. The first-order chi connectivity index (χ1) is 10.1. The minimum atomic E-state index is -0.479. The molecule has 108 valence electrons. The normalized spacial score (nSPS) is 10.6. The summed E-state index contributed by atoms with van der Waals surface area (Å²) < 4.78 is 5.69. The lowest BCUT2D eigenvalue weighted by atomic mass is 10.2. The predicted octanol–water partition coefficient (Wildman–Crippen LogP) is 3.86. The minimum Gasteiger partial charge on any atom is -0.438 e. The molecule has 0 amide bonds. The van der Waals surface area contributed by atoms with Crippen molar-refractivity contribution in [2.45, 2.75) is 6.92 Å². The summed E-state index contributed by atoms with van der Waals surface area (Å²) in [5, 5.41) is 13.7. The van der Waals surface area contributed by atoms with E-state index in [0.29, 0.717) is 11.6 Å². The summed E-state index contributed by atoms with van der Waals surface area (Å²) in [6.07, 6.45) is 3.79. The maximum atomic E-state index is 10.9. The standard InChI is InChI=1S/C15H15N3O3/c1-3-6-11-7-4-5-8-13(11)21-15-10-12(18(19)20)9-14(16-2)17-15/h3-10H,1-2H3,(H,16,17)/b6-3+. The van der Waals surface area contributed by atoms with Crippen molar-refractivity contribution < 1.29 is 9.66 Å². The number of benzene rings is 1. The third kappa shape index (κ3) is 3.56. The first kappa shape index (κ1) is 14.5. The van der Waals surface area contributed by atoms with Crippen LogP contribution in [0.25, 0.3) is 6.08 Å². The van der Waals surface area contributed by atoms with Gasteiger partial charge in [-0.05, 0) is 13.0 Å². The van der Waals surface area contributed by atoms with Gasteiger partial charge < -0.3 is 10.1 Å². The van der Waals surface area contributed by atoms with Gasteiger partial charge in [0.25, 0.3) is 5.69 Å². The molecule has 0 radical (unpaired) electrons. The third-order valence-corrected chi connectivity index (χ3v) is 2.73. The molecule has 0 saturated heterocycles. The minimum absolute atomic E-state index is 0.0761. The Kier molecular flexibility index (Phi) is 4.50. The van der Waals surface area contributed by atoms with Crippen LogP contribution < -0.4 is 10.1 Å². The highest BCUT2D eigenvalue weighted by molar-refractivity contribution is 5.58. The quantitative estimate of drug-likeness (QED) is 0.666. The Hall–Kier alpha value is -2.89. The molecule has 21 heavy (non-hydrogen) atoms. The molecule has 0 bridgehead atoms. The van der Waals surface area contributed by atoms with Crippen LogP contribution in [0.5, 0.6) is 11.6 Å². The van der Waals surface area contributed by atoms with E-state index >= 15 is 0 Å². The van der Waals surface area contributed by atoms with Crippen LogP contribution in [0.3, 0.4) is 0 Å². The maximum Gasteiger partial charge on any atom is 0.278 e. The van der Waals surface area contributed by atoms with Gasteiger partial charge in [-0.15, -0.1) is 0 Å². The molecule has 0 aliphatic rings. The molecule has 1 aromatic carbocycles. The van der Waals surface area contributed by atoms with Crippen LogP contribution in [0.15, 0.2) is 42.5 Å². The third-order valence-electron chi connectivity index (χ3n) is 2.73. The Bertz CT molecular complexity index is 684. The first-order valence-electron chi connectivity index (χ1n) is 6.38. The van der Waals surface area contributed by atoms with Crippen LogP contribution in [0, 0.1) is 10.1 Å². The number of hydrogen-bond donors (Lipinski definition) is 1. The van der Waals surface area contributed by atoms with Crippen molar-refractivity contribution in [3.8, 4) is 11.6 Å². The monoisotopic (exact) mass is 285 g/mol. The molecule has 0 saturated carbocycles. The Morgan fingerprint density at radius 3 is 2.76 bits per heavy atom. The summed E-state index contributed by atoms with van der Waals surface area (Å²) >= 11 is 0. The van der Waals surface area contributed by atoms with Gasteiger partial charge in [0.05, 0.1) is 17.1 Å². The van der Waals surface area contributed by atoms with Crippen LogP contribution in [-0.4, -0.2) is 17.0 Å². The van der Waals surface area contributed by atoms with Crippen molar-refractivity contribution in [3.05, 3.63) is 58.2 Å². The van der Waals surface area contributed by atoms with Crippen LogP contribution in [0.1, 0.15) is 12.5 Å². The van der Waals surface area contributed by atoms with Gasteiger partial charge in [-0.2, -0.15) is 4.98 Å². The average Bonchev–Trinajstić information content (AvgIpc) is 2.49. The van der Waals surface area contributed by atoms with E-state index in [-0.39, 0.29) is 11.6 Å². The second kappa shape index (κ2) is 6.51. The molecule has 0 unspecified atom stereocenters. The maximum absolute atomic E-state index is 10.9. The summed E-state index contributed by atoms with van der Waals surface area (Å²) in [5.41, 5.74) is 0.798. The van der Waals surface area contributed by atoms with E-state index in [9.17, 15) is 10.1 Å². The van der Waals surface area contributed by atoms with E-state index in [1.807, 2.05) is 37.3 Å². The molecule has 0 aliphatic heterocycles. The molecule has 1 heterocycles. The zero-order chi connectivity index (χ0) is 15.2. The number of para-hydroxylation sites is 1. The van der Waals surface area contributed by atoms with Crippen molar-refractivity contribution in [1.29, 1.82) is 0 Å². The van der Waals surface area contributed by atoms with E-state index in [1.54, 1.807) is 13.1 Å². The SMILES string of the molecule is C/C=C/c1ccccc1Oc1cc([N+](=O)[O-])cc(NC)n1. The smallest absolute Gasteiger partial charge is 0.278 e. The number of hydrogen-bond acceptors (Lipinski definition) is 5. The van der Waals surface area contributed by atoms with Gasteiger partial charge in [-0.25, -0.2) is 0 Å². The van der Waals surface area contributed by atoms with Crippen molar-refractivity contribution >= 4 is 17.6 Å². The number of allylic oxidation sites excluding steroid dienone is 1. The number of nitrogens with zero attached hydrogens (tertiary/aromatic N) is 2. The van der Waals surface area contributed by atoms with Crippen LogP contribution in [0.2, 0.25) is 0 Å². The zero-order valence-corrected chi connectivity index (χ0v) is 11.7. The van der Waals surface area contributed by atoms with E-state index < -0.39 is 4.92 Å². The molecule has 6 heteroatoms. The topological polar surface area (TPSA) is 77.3 Å². The highest BCUT2D eigenvalue weighted by atomic mass is 16.6. The molecule has 6 nitrogen and oxygen atoms in total. The summed E-state index contributed by atoms with van der Waals surface area (Å²) in [6.45, 7) is 1.90. The summed E-state index contributed by atoms with van der Waals surface area (Å²) in [4.78, 5) is 14.6. The van der Waals surface area contributed by atoms with Gasteiger partial charge in [0.15, 0.2) is 0 Å². The van der Waals surface area contributed by atoms with Crippen molar-refractivity contribution in [3.63, 3.8) is 0 Å². The number of nitrogens with one attached hydrogen (secondary N) is 1. The Morgan fingerprint density at radius 2 is 2.10 bits per heavy atom. The second-order valence-electron chi connectivity index (χ2n) is 4.20. The van der Waals surface area contributed by atoms with Gasteiger partial charge in [-0.3, -0.25) is 10.1 Å². The van der Waals surface area contributed by atoms with Crippen LogP contribution in [0.4, 0.5) is 11.5 Å². The Balaban J connectivity index is 2.39. The lowest BCUT2D eigenvalue weighted by Gasteiger charge is -2.09. The number of ether oxygens (including phenoxy) is 1. The van der Waals surface area contributed by atoms with Crippen molar-refractivity contribution in [1.82, 2.24) is 4.98 Å². The molecule has 0 atom stereocenters. The zero-order valence-electron chi connectivity index (χ0n) is 11.7. The van der Waals surface area contributed by atoms with Gasteiger partial charge >= 0.3 is 0 Å². The summed E-state index contributed by atoms with van der Waals surface area (Å²) in [6, 6.07) is 10.1. The number of aromatic nitrogens is 1. The highest BCUT2D eigenvalue weighted by Gasteiger charge is 2.13. The van der Waals surface area contributed by atoms with Crippen LogP contribution in [-0.2, 0) is 0 Å². The number of nitro groups is 1. The molecular weight excluding hydrogens is 270 g/mol. The highest BCUT2D eigenvalue weighted by Crippen LogP contribution is 2.28. The fraction of sp³-hybridized carbons (Fsp3) is 0.133. The lowest BCUT2D eigenvalue weighted by Crippen LogP contribution is -1.98. The molecule has 0 spiro atoms. The average molecular weight is 285 g/mol. The molecule has 2 aromatic rings. The lowest BCUT2D eigenvalue weighted by molar-refractivity contribution is -0.384. The van der Waals surface area contributed by atoms with E-state index in [1.165, 1.54) is 12.1 Å². The fourth-order valence-corrected chi connectivity index (χ4v) is 1.78. The predicted molar refractivity (Wildman–Crippen MR) is 81.7 cm³/mol. The van der Waals surface area contributed by atoms with Crippen molar-refractivity contribution in [2.24, 2.45) is 0 Å². The van der Waals surface area contributed by atoms with Gasteiger partial charge in [0.1, 0.15) is 11.6 Å². The number of rotatable bonds is 5. The van der Waals surface area contributed by atoms with Crippen LogP contribution >= 0.6 is 0 Å². The Morgan fingerprint density at radius 1 is 1.33 bits per heavy atom. The molecular formula is C15H15N3O3. The summed E-state index contributed by atoms with van der Waals surface area (Å²) in [5.74, 6) is 1.14. The molecule has 0 aliphatic carbocycles. The number of pyridine rings is 1. The molecule has 0 fully saturated rings. The van der Waals surface area contributed by atoms with Gasteiger partial charge in [0, 0.05) is 12.6 Å². The van der Waals surface area contributed by atoms with Crippen molar-refractivity contribution in [2.75, 3.05) is 12.4 Å². The van der Waals surface area contributed by atoms with Gasteiger partial charge in [0.2, 0.25) is 5.88 Å². The first-order valence-corrected chi connectivity index (χ1v) is 6.38. The second-order valence-corrected chi connectivity index (χ2v) is 4.20. The van der Waals surface area contributed by atoms with E-state index in [2.05, 4.69) is 10.3 Å².